The van der Waals surface area contributed by atoms with E-state index in [0.717, 1.165) is 77.2 Å². The molecule has 0 aliphatic heterocycles. The van der Waals surface area contributed by atoms with Crippen LogP contribution in [-0.2, 0) is 49.9 Å². The van der Waals surface area contributed by atoms with E-state index >= 15 is 0 Å². The average Bonchev–Trinajstić information content (AvgIpc) is 1.54. The Labute approximate surface area is 798 Å². The van der Waals surface area contributed by atoms with Crippen LogP contribution in [0.3, 0.4) is 0 Å². The van der Waals surface area contributed by atoms with Gasteiger partial charge in [0.2, 0.25) is 28.5 Å². The fraction of sp³-hybridized carbons (Fsp3) is 0.241. The maximum Gasteiger partial charge on any atom is 0.227 e. The molecule has 12 heterocycles. The average molecular weight is 1710 g/mol. The second-order valence-corrected chi connectivity index (χ2v) is 34.9. The van der Waals surface area contributed by atoms with Gasteiger partial charge in [-0.2, -0.15) is 0 Å². The Kier molecular flexibility index (Phi) is 11.4. The lowest BCUT2D eigenvalue weighted by atomic mass is 9.82. The van der Waals surface area contributed by atoms with Crippen LogP contribution in [-0.4, -0.2) is 19.9 Å². The number of nitrogens with zero attached hydrogens (tertiary/aromatic N) is 8. The summed E-state index contributed by atoms with van der Waals surface area (Å²) in [7, 11) is 6.68. The van der Waals surface area contributed by atoms with Crippen LogP contribution in [0.15, 0.2) is 237 Å². The van der Waals surface area contributed by atoms with E-state index in [1.807, 2.05) is 167 Å². The highest BCUT2D eigenvalue weighted by molar-refractivity contribution is 6.16. The van der Waals surface area contributed by atoms with Crippen LogP contribution in [0.2, 0.25) is 0 Å². The molecule has 4 atom stereocenters. The van der Waals surface area contributed by atoms with Gasteiger partial charge < -0.3 is 17.7 Å². The number of aromatic nitrogens is 8. The molecule has 0 amide bonds. The molecule has 0 fully saturated rings. The van der Waals surface area contributed by atoms with Gasteiger partial charge in [0, 0.05) is 202 Å². The predicted octanol–water partition coefficient (Wildman–Crippen LogP) is 26.8. The monoisotopic (exact) mass is 1710 g/mol. The molecule has 24 rings (SSSR count). The van der Waals surface area contributed by atoms with E-state index in [9.17, 15) is 0 Å². The molecule has 4 aliphatic rings. The second-order valence-electron chi connectivity index (χ2n) is 34.9. The maximum atomic E-state index is 8.54. The summed E-state index contributed by atoms with van der Waals surface area (Å²) in [5, 5.41) is 4.92. The van der Waals surface area contributed by atoms with Gasteiger partial charge in [0.05, 0.1) is 39.3 Å². The molecule has 8 aromatic carbocycles. The van der Waals surface area contributed by atoms with Gasteiger partial charge in [-0.25, -0.2) is 23.3 Å². The van der Waals surface area contributed by atoms with Crippen molar-refractivity contribution in [3.8, 4) is 89.7 Å². The zero-order valence-electron chi connectivity index (χ0n) is 108. The van der Waals surface area contributed by atoms with E-state index in [0.29, 0.717) is 168 Å². The van der Waals surface area contributed by atoms with Crippen LogP contribution in [0.25, 0.3) is 178 Å². The number of benzene rings is 8. The third kappa shape index (κ3) is 12.0. The fourth-order valence-electron chi connectivity index (χ4n) is 20.0. The van der Waals surface area contributed by atoms with Crippen molar-refractivity contribution >= 4 is 88.0 Å². The Morgan fingerprint density at radius 2 is 0.711 bits per heavy atom. The zero-order valence-corrected chi connectivity index (χ0v) is 72.0. The van der Waals surface area contributed by atoms with Crippen LogP contribution in [0.1, 0.15) is 216 Å². The van der Waals surface area contributed by atoms with Crippen molar-refractivity contribution < 1.29 is 85.3 Å². The molecule has 0 saturated carbocycles. The summed E-state index contributed by atoms with van der Waals surface area (Å²) >= 11 is 0. The van der Waals surface area contributed by atoms with Crippen LogP contribution in [0, 0.1) is 82.5 Å². The van der Waals surface area contributed by atoms with Crippen LogP contribution in [0.4, 0.5) is 0 Å². The number of furan rings is 4. The van der Waals surface area contributed by atoms with Gasteiger partial charge in [0.1, 0.15) is 56.0 Å². The molecule has 20 aromatic rings. The summed E-state index contributed by atoms with van der Waals surface area (Å²) in [6.45, 7) is -16.3. The predicted molar refractivity (Wildman–Crippen MR) is 520 cm³/mol. The van der Waals surface area contributed by atoms with E-state index in [2.05, 4.69) is 9.97 Å². The van der Waals surface area contributed by atoms with Gasteiger partial charge in [-0.1, -0.05) is 151 Å². The Bertz CT molecular complexity index is 9500. The molecule has 0 bridgehead atoms. The van der Waals surface area contributed by atoms with Crippen LogP contribution < -0.4 is 18.3 Å². The van der Waals surface area contributed by atoms with Crippen LogP contribution >= 0.6 is 0 Å². The topological polar surface area (TPSA) is 120 Å². The lowest BCUT2D eigenvalue weighted by molar-refractivity contribution is -0.660. The SMILES string of the molecule is [2H]C([2H])([2H])c1cc(-c2c(C)ccc3c2oc2c4c(ccc23)-c2cccnc2C4(C)C([2H])([2H])[2H])[n+](C)cc1C([2H])([2H])[2H].[2H]C([2H])([2H])c1cc(-c2c(C)ccc3c2oc2c4c(cnc23)C(C)(C([2H])([2H])[2H])c2ccccc2-4)[n+](C)cc1C([2H])([2H])[2H].[2H]C([2H])([2H])c1cc(-c2c(C)ccc3c2oc2cc4c(cc23)C(C)(C([2H])([2H])[2H])c2ncccc2-4)[n+](C)cc1C([2H])([2H])[2H].[2H]C([2H])([2H])c1cc(-c2c(C)ccc3c2oc2nc4c(cc23)C(C)(C([2H])([2H])[2H])c2ccccc2-4)[n+](C)cc1C([2H])([2H])[2H]. The molecule has 12 nitrogen and oxygen atoms in total. The minimum absolute atomic E-state index is 0.231. The molecular weight excluding hydrogens is 1570 g/mol. The zero-order chi connectivity index (χ0) is 119. The standard InChI is InChI=1S/4C29H27N2O/c1-16-9-10-20-21-12-11-19-22-8-7-13-30-28(22)29(4,5)25(19)27(21)32-26(20)24(16)23-14-17(2)18(3)15-31(23)6;1-16-9-10-19-22-13-23-21(20-8-7-11-30-28(20)29(23,4)5)14-25(22)32-27(19)26(16)24-12-17(2)18(3)15-31(24)6;1-16-11-12-19-21-14-23-26(20-9-7-8-10-22(20)29(23,4)5)30-28(21)32-27(19)25(16)24-13-17(2)18(3)15-31(24)6;1-16-11-12-20-26-28(32-27(20)24(16)23-13-17(2)18(3)15-31(23)6)25-19-9-7-8-10-21(19)29(4,5)22(25)14-30-26/h4*7-15H,1-6H3/q4*+1/i4*2D3,3D3,4D3. The lowest BCUT2D eigenvalue weighted by Gasteiger charge is -2.20. The summed E-state index contributed by atoms with van der Waals surface area (Å²) in [6.07, 6.45) is 10.2. The van der Waals surface area contributed by atoms with Crippen molar-refractivity contribution in [2.75, 3.05) is 0 Å². The van der Waals surface area contributed by atoms with Crippen molar-refractivity contribution in [3.63, 3.8) is 0 Å². The van der Waals surface area contributed by atoms with Gasteiger partial charge in [-0.3, -0.25) is 15.0 Å². The third-order valence-corrected chi connectivity index (χ3v) is 26.5. The largest absolute Gasteiger partial charge is 0.455 e. The highest BCUT2D eigenvalue weighted by Gasteiger charge is 2.44. The van der Waals surface area contributed by atoms with Crippen molar-refractivity contribution in [1.82, 2.24) is 19.9 Å². The molecule has 128 heavy (non-hydrogen) atoms. The first kappa shape index (κ1) is 50.5. The summed E-state index contributed by atoms with van der Waals surface area (Å²) in [5.74, 6) is 0. The van der Waals surface area contributed by atoms with E-state index < -0.39 is 104 Å². The first-order chi connectivity index (χ1) is 75.8. The summed E-state index contributed by atoms with van der Waals surface area (Å²) in [4.78, 5) is 18.5. The molecule has 0 N–H and O–H groups in total. The number of rotatable bonds is 4. The van der Waals surface area contributed by atoms with E-state index in [1.54, 1.807) is 105 Å². The maximum absolute atomic E-state index is 8.54. The molecule has 0 radical (unpaired) electrons. The normalized spacial score (nSPS) is 22.5. The second kappa shape index (κ2) is 28.8. The molecule has 0 spiro atoms. The molecule has 632 valence electrons. The van der Waals surface area contributed by atoms with E-state index in [4.69, 9.17) is 77.0 Å². The van der Waals surface area contributed by atoms with Gasteiger partial charge in [-0.15, -0.1) is 0 Å². The highest BCUT2D eigenvalue weighted by Crippen LogP contribution is 2.57. The molecule has 12 heteroatoms. The van der Waals surface area contributed by atoms with Crippen molar-refractivity contribution in [3.05, 3.63) is 331 Å². The lowest BCUT2D eigenvalue weighted by Crippen LogP contribution is -2.31. The van der Waals surface area contributed by atoms with E-state index in [1.165, 1.54) is 49.1 Å². The molecular formula is C116H108N8O4+4. The quantitative estimate of drug-likeness (QED) is 0.160. The van der Waals surface area contributed by atoms with Gasteiger partial charge in [0.15, 0.2) is 41.5 Å². The Hall–Kier alpha value is -13.8. The number of pyridine rings is 8. The molecule has 4 unspecified atom stereocenters. The number of fused-ring (bicyclic) bond motifs is 26. The molecule has 4 aliphatic carbocycles. The minimum atomic E-state index is -2.66. The van der Waals surface area contributed by atoms with Crippen molar-refractivity contribution in [1.29, 1.82) is 0 Å². The Morgan fingerprint density at radius 3 is 1.24 bits per heavy atom. The smallest absolute Gasteiger partial charge is 0.227 e. The molecule has 0 saturated heterocycles. The Balaban J connectivity index is 0.000000125. The van der Waals surface area contributed by atoms with Gasteiger partial charge in [0.25, 0.3) is 0 Å². The summed E-state index contributed by atoms with van der Waals surface area (Å²) in [6, 6.07) is 52.2. The number of hydrogen-bond donors (Lipinski definition) is 0. The van der Waals surface area contributed by atoms with Crippen molar-refractivity contribution in [2.45, 2.75) is 159 Å². The van der Waals surface area contributed by atoms with Crippen molar-refractivity contribution in [2.24, 2.45) is 28.2 Å². The minimum Gasteiger partial charge on any atom is -0.455 e. The first-order valence-electron chi connectivity index (χ1n) is 59.8. The van der Waals surface area contributed by atoms with Gasteiger partial charge in [-0.05, 0) is 228 Å². The number of hydrogen-bond acceptors (Lipinski definition) is 8. The van der Waals surface area contributed by atoms with E-state index in [-0.39, 0.29) is 44.5 Å². The fourth-order valence-corrected chi connectivity index (χ4v) is 20.0. The number of aryl methyl sites for hydroxylation is 16. The molecule has 12 aromatic heterocycles. The third-order valence-electron chi connectivity index (χ3n) is 26.5. The highest BCUT2D eigenvalue weighted by atomic mass is 16.3. The summed E-state index contributed by atoms with van der Waals surface area (Å²) < 4.78 is 326. The Morgan fingerprint density at radius 1 is 0.297 bits per heavy atom. The van der Waals surface area contributed by atoms with Gasteiger partial charge >= 0.3 is 0 Å². The van der Waals surface area contributed by atoms with Crippen LogP contribution in [0.5, 0.6) is 0 Å². The summed E-state index contributed by atoms with van der Waals surface area (Å²) in [5.41, 5.74) is 14.8. The first-order valence-corrected chi connectivity index (χ1v) is 41.8.